The lowest BCUT2D eigenvalue weighted by Crippen LogP contribution is -2.36. The lowest BCUT2D eigenvalue weighted by Gasteiger charge is -2.11. The third-order valence-electron chi connectivity index (χ3n) is 5.46. The van der Waals surface area contributed by atoms with E-state index in [1.165, 1.54) is 0 Å². The molecule has 2 amide bonds. The van der Waals surface area contributed by atoms with Crippen LogP contribution >= 0.6 is 0 Å². The number of imidazole rings is 1. The molecule has 0 radical (unpaired) electrons. The first-order chi connectivity index (χ1) is 17.2. The number of hydrogen-bond donors (Lipinski definition) is 3. The number of fused-ring (bicyclic) bond motifs is 1. The number of urea groups is 1. The third-order valence-corrected chi connectivity index (χ3v) is 5.46. The summed E-state index contributed by atoms with van der Waals surface area (Å²) in [6, 6.07) is 9.81. The molecule has 0 unspecified atom stereocenters. The highest BCUT2D eigenvalue weighted by atomic mass is 19.4. The van der Waals surface area contributed by atoms with Crippen LogP contribution in [0.4, 0.5) is 23.7 Å². The second kappa shape index (κ2) is 10.8. The molecule has 4 aromatic rings. The Morgan fingerprint density at radius 3 is 2.78 bits per heavy atom. The molecule has 9 nitrogen and oxygen atoms in total. The summed E-state index contributed by atoms with van der Waals surface area (Å²) in [5.74, 6) is 0.737. The van der Waals surface area contributed by atoms with Gasteiger partial charge < -0.3 is 15.2 Å². The van der Waals surface area contributed by atoms with Gasteiger partial charge in [-0.05, 0) is 50.1 Å². The molecule has 0 aliphatic rings. The van der Waals surface area contributed by atoms with E-state index in [1.54, 1.807) is 29.7 Å². The second-order valence-corrected chi connectivity index (χ2v) is 8.15. The molecule has 0 bridgehead atoms. The molecule has 0 aliphatic carbocycles. The predicted molar refractivity (Wildman–Crippen MR) is 126 cm³/mol. The van der Waals surface area contributed by atoms with Crippen molar-refractivity contribution in [3.05, 3.63) is 71.4 Å². The molecular weight excluding hydrogens is 477 g/mol. The highest BCUT2D eigenvalue weighted by Gasteiger charge is 2.27. The summed E-state index contributed by atoms with van der Waals surface area (Å²) >= 11 is 0. The van der Waals surface area contributed by atoms with Crippen molar-refractivity contribution in [3.8, 4) is 11.3 Å². The molecule has 0 saturated heterocycles. The van der Waals surface area contributed by atoms with Crippen molar-refractivity contribution in [3.63, 3.8) is 0 Å². The fraction of sp³-hybridized carbons (Fsp3) is 0.292. The molecule has 3 N–H and O–H groups in total. The number of carbonyl (C=O) groups excluding carboxylic acids is 1. The fourth-order valence-electron chi connectivity index (χ4n) is 3.60. The summed E-state index contributed by atoms with van der Waals surface area (Å²) in [6.07, 6.45) is -0.165. The maximum absolute atomic E-state index is 12.3. The van der Waals surface area contributed by atoms with Crippen molar-refractivity contribution in [2.24, 2.45) is 0 Å². The van der Waals surface area contributed by atoms with E-state index in [1.807, 2.05) is 42.6 Å². The number of hydroxylamine groups is 1. The number of hydrogen-bond acceptors (Lipinski definition) is 6. The molecule has 0 spiro atoms. The topological polar surface area (TPSA) is 106 Å². The number of halogens is 3. The van der Waals surface area contributed by atoms with Crippen molar-refractivity contribution in [2.75, 3.05) is 18.4 Å². The number of rotatable bonds is 9. The highest BCUT2D eigenvalue weighted by Crippen LogP contribution is 2.24. The summed E-state index contributed by atoms with van der Waals surface area (Å²) in [5, 5.41) is 8.10. The Morgan fingerprint density at radius 2 is 2.03 bits per heavy atom. The first-order valence-corrected chi connectivity index (χ1v) is 11.1. The lowest BCUT2D eigenvalue weighted by molar-refractivity contribution is -0.122. The van der Waals surface area contributed by atoms with Gasteiger partial charge in [-0.2, -0.15) is 13.2 Å². The normalized spacial score (nSPS) is 11.7. The number of nitrogens with zero attached hydrogens (tertiary/aromatic N) is 3. The molecule has 1 aromatic carbocycles. The molecular formula is C24H25F3N6O3. The number of benzene rings is 1. The molecule has 3 heterocycles. The summed E-state index contributed by atoms with van der Waals surface area (Å²) < 4.78 is 43.9. The minimum absolute atomic E-state index is 0.362. The number of aryl methyl sites for hydroxylation is 2. The first kappa shape index (κ1) is 25.2. The molecule has 12 heteroatoms. The van der Waals surface area contributed by atoms with Crippen molar-refractivity contribution >= 4 is 17.4 Å². The van der Waals surface area contributed by atoms with E-state index in [0.717, 1.165) is 39.5 Å². The van der Waals surface area contributed by atoms with Gasteiger partial charge in [0.15, 0.2) is 0 Å². The van der Waals surface area contributed by atoms with E-state index in [9.17, 15) is 18.0 Å². The van der Waals surface area contributed by atoms with E-state index in [-0.39, 0.29) is 0 Å². The Balaban J connectivity index is 1.35. The Hall–Kier alpha value is -3.90. The van der Waals surface area contributed by atoms with Gasteiger partial charge in [-0.25, -0.2) is 15.3 Å². The molecule has 0 aliphatic heterocycles. The van der Waals surface area contributed by atoms with Gasteiger partial charge in [0.1, 0.15) is 18.0 Å². The minimum Gasteiger partial charge on any atom is -0.361 e. The number of amides is 2. The number of carbonyl (C=O) groups is 1. The van der Waals surface area contributed by atoms with Crippen molar-refractivity contribution in [1.82, 2.24) is 25.3 Å². The van der Waals surface area contributed by atoms with Crippen LogP contribution in [0, 0.1) is 13.8 Å². The second-order valence-electron chi connectivity index (χ2n) is 8.15. The molecule has 4 rings (SSSR count). The zero-order valence-corrected chi connectivity index (χ0v) is 19.6. The fourth-order valence-corrected chi connectivity index (χ4v) is 3.60. The Kier molecular flexibility index (Phi) is 7.55. The van der Waals surface area contributed by atoms with E-state index in [2.05, 4.69) is 20.9 Å². The predicted octanol–water partition coefficient (Wildman–Crippen LogP) is 4.55. The maximum atomic E-state index is 12.3. The Bertz CT molecular complexity index is 1330. The van der Waals surface area contributed by atoms with Crippen LogP contribution in [-0.4, -0.2) is 39.8 Å². The van der Waals surface area contributed by atoms with Crippen LogP contribution in [-0.2, 0) is 17.9 Å². The maximum Gasteiger partial charge on any atom is 0.405 e. The van der Waals surface area contributed by atoms with Crippen LogP contribution in [0.25, 0.3) is 16.9 Å². The van der Waals surface area contributed by atoms with Gasteiger partial charge in [0.05, 0.1) is 24.2 Å². The average Bonchev–Trinajstić information content (AvgIpc) is 3.40. The third kappa shape index (κ3) is 6.40. The van der Waals surface area contributed by atoms with Gasteiger partial charge in [0.25, 0.3) is 0 Å². The minimum atomic E-state index is -4.48. The Morgan fingerprint density at radius 1 is 1.19 bits per heavy atom. The smallest absolute Gasteiger partial charge is 0.361 e. The van der Waals surface area contributed by atoms with E-state index in [0.29, 0.717) is 25.3 Å². The summed E-state index contributed by atoms with van der Waals surface area (Å²) in [7, 11) is 0. The largest absolute Gasteiger partial charge is 0.405 e. The first-order valence-electron chi connectivity index (χ1n) is 11.1. The molecule has 0 saturated carbocycles. The number of alkyl halides is 3. The SMILES string of the molecule is Cc1noc(C)c1CONCCc1ccn2c(-c3cccc(NC(=O)NCC(F)(F)F)c3)cnc2c1. The van der Waals surface area contributed by atoms with E-state index < -0.39 is 18.8 Å². The van der Waals surface area contributed by atoms with Crippen molar-refractivity contribution in [2.45, 2.75) is 33.1 Å². The summed E-state index contributed by atoms with van der Waals surface area (Å²) in [4.78, 5) is 21.8. The summed E-state index contributed by atoms with van der Waals surface area (Å²) in [5.41, 5.74) is 8.36. The van der Waals surface area contributed by atoms with Gasteiger partial charge in [-0.15, -0.1) is 0 Å². The number of nitrogens with one attached hydrogen (secondary N) is 3. The van der Waals surface area contributed by atoms with Crippen LogP contribution in [0.3, 0.4) is 0 Å². The zero-order valence-electron chi connectivity index (χ0n) is 19.6. The highest BCUT2D eigenvalue weighted by molar-refractivity contribution is 5.90. The van der Waals surface area contributed by atoms with Crippen LogP contribution in [0.2, 0.25) is 0 Å². The molecule has 0 atom stereocenters. The van der Waals surface area contributed by atoms with Crippen molar-refractivity contribution < 1.29 is 27.3 Å². The molecule has 190 valence electrons. The number of aromatic nitrogens is 3. The van der Waals surface area contributed by atoms with Gasteiger partial charge in [0.2, 0.25) is 0 Å². The average molecular weight is 502 g/mol. The number of anilines is 1. The van der Waals surface area contributed by atoms with Gasteiger partial charge in [-0.3, -0.25) is 9.24 Å². The quantitative estimate of drug-likeness (QED) is 0.229. The summed E-state index contributed by atoms with van der Waals surface area (Å²) in [6.45, 7) is 3.26. The standard InChI is InChI=1S/C24H25F3N6O3/c1-15-20(16(2)36-32-15)13-35-30-8-6-17-7-9-33-21(12-28-22(33)10-17)18-4-3-5-19(11-18)31-23(34)29-14-24(25,26)27/h3-5,7,9-12,30H,6,8,13-14H2,1-2H3,(H2,29,31,34). The van der Waals surface area contributed by atoms with Crippen LogP contribution < -0.4 is 16.1 Å². The van der Waals surface area contributed by atoms with Gasteiger partial charge in [-0.1, -0.05) is 17.3 Å². The zero-order chi connectivity index (χ0) is 25.7. The molecule has 3 aromatic heterocycles. The van der Waals surface area contributed by atoms with Crippen LogP contribution in [0.1, 0.15) is 22.6 Å². The Labute approximate surface area is 204 Å². The van der Waals surface area contributed by atoms with E-state index in [4.69, 9.17) is 9.36 Å². The number of pyridine rings is 1. The van der Waals surface area contributed by atoms with Crippen molar-refractivity contribution in [1.29, 1.82) is 0 Å². The van der Waals surface area contributed by atoms with Crippen LogP contribution in [0.15, 0.2) is 53.3 Å². The van der Waals surface area contributed by atoms with Gasteiger partial charge in [0, 0.05) is 29.6 Å². The van der Waals surface area contributed by atoms with Crippen LogP contribution in [0.5, 0.6) is 0 Å². The monoisotopic (exact) mass is 502 g/mol. The lowest BCUT2D eigenvalue weighted by atomic mass is 10.1. The molecule has 36 heavy (non-hydrogen) atoms. The molecule has 0 fully saturated rings. The van der Waals surface area contributed by atoms with Gasteiger partial charge >= 0.3 is 12.2 Å². The van der Waals surface area contributed by atoms with E-state index >= 15 is 0 Å².